The minimum absolute atomic E-state index is 0.169. The van der Waals surface area contributed by atoms with Gasteiger partial charge in [-0.3, -0.25) is 4.79 Å². The van der Waals surface area contributed by atoms with Crippen LogP contribution in [0.2, 0.25) is 0 Å². The molecule has 0 spiro atoms. The first-order chi connectivity index (χ1) is 8.08. The molecule has 0 aliphatic rings. The van der Waals surface area contributed by atoms with Crippen LogP contribution < -0.4 is 11.3 Å². The molecule has 0 saturated heterocycles. The van der Waals surface area contributed by atoms with Gasteiger partial charge in [0.15, 0.2) is 0 Å². The van der Waals surface area contributed by atoms with E-state index in [1.165, 1.54) is 22.9 Å². The maximum atomic E-state index is 13.3. The van der Waals surface area contributed by atoms with Gasteiger partial charge in [0.2, 0.25) is 0 Å². The predicted molar refractivity (Wildman–Crippen MR) is 66.1 cm³/mol. The number of halogens is 2. The van der Waals surface area contributed by atoms with E-state index in [1.807, 2.05) is 0 Å². The van der Waals surface area contributed by atoms with Gasteiger partial charge in [-0.05, 0) is 33.6 Å². The lowest BCUT2D eigenvalue weighted by Crippen LogP contribution is -2.23. The van der Waals surface area contributed by atoms with E-state index in [-0.39, 0.29) is 23.7 Å². The molecule has 1 heterocycles. The Balaban J connectivity index is 2.41. The molecule has 2 aromatic rings. The Kier molecular flexibility index (Phi) is 3.23. The number of nitrogens with zero attached hydrogens (tertiary/aromatic N) is 2. The van der Waals surface area contributed by atoms with E-state index < -0.39 is 0 Å². The molecule has 88 valence electrons. The standard InChI is InChI=1S/C11H9BrFN3O/c12-11-7(2-1-3-8(11)13)6-16-10(17)5-4-9(14)15-16/h1-5H,6H2,(H2,14,15). The van der Waals surface area contributed by atoms with Crippen molar-refractivity contribution in [3.05, 3.63) is 56.5 Å². The van der Waals surface area contributed by atoms with E-state index in [0.29, 0.717) is 10.0 Å². The SMILES string of the molecule is Nc1ccc(=O)n(Cc2cccc(F)c2Br)n1. The summed E-state index contributed by atoms with van der Waals surface area (Å²) in [5.74, 6) is -0.128. The van der Waals surface area contributed by atoms with Gasteiger partial charge in [-0.15, -0.1) is 0 Å². The first-order valence-corrected chi connectivity index (χ1v) is 5.64. The van der Waals surface area contributed by atoms with Crippen LogP contribution in [0.1, 0.15) is 5.56 Å². The van der Waals surface area contributed by atoms with E-state index in [0.717, 1.165) is 0 Å². The Hall–Kier alpha value is -1.69. The summed E-state index contributed by atoms with van der Waals surface area (Å²) in [5.41, 5.74) is 5.84. The molecule has 0 fully saturated rings. The summed E-state index contributed by atoms with van der Waals surface area (Å²) >= 11 is 3.13. The largest absolute Gasteiger partial charge is 0.382 e. The van der Waals surface area contributed by atoms with E-state index in [4.69, 9.17) is 5.73 Å². The van der Waals surface area contributed by atoms with Gasteiger partial charge >= 0.3 is 0 Å². The average Bonchev–Trinajstić information content (AvgIpc) is 2.30. The Morgan fingerprint density at radius 2 is 2.12 bits per heavy atom. The van der Waals surface area contributed by atoms with E-state index in [2.05, 4.69) is 21.0 Å². The van der Waals surface area contributed by atoms with Crippen LogP contribution in [0.5, 0.6) is 0 Å². The number of hydrogen-bond donors (Lipinski definition) is 1. The topological polar surface area (TPSA) is 60.9 Å². The molecule has 2 N–H and O–H groups in total. The van der Waals surface area contributed by atoms with Crippen molar-refractivity contribution in [2.24, 2.45) is 0 Å². The molecule has 0 amide bonds. The minimum Gasteiger partial charge on any atom is -0.382 e. The average molecular weight is 298 g/mol. The van der Waals surface area contributed by atoms with Crippen LogP contribution in [0.4, 0.5) is 10.2 Å². The third-order valence-corrected chi connectivity index (χ3v) is 3.13. The zero-order valence-electron chi connectivity index (χ0n) is 8.73. The molecule has 4 nitrogen and oxygen atoms in total. The number of rotatable bonds is 2. The Labute approximate surface area is 105 Å². The van der Waals surface area contributed by atoms with Crippen molar-refractivity contribution >= 4 is 21.7 Å². The summed E-state index contributed by atoms with van der Waals surface area (Å²) in [6, 6.07) is 7.38. The predicted octanol–water partition coefficient (Wildman–Crippen LogP) is 1.78. The molecule has 17 heavy (non-hydrogen) atoms. The number of nitrogens with two attached hydrogens (primary N) is 1. The zero-order chi connectivity index (χ0) is 12.4. The van der Waals surface area contributed by atoms with Gasteiger partial charge in [0.05, 0.1) is 11.0 Å². The highest BCUT2D eigenvalue weighted by Gasteiger charge is 2.07. The highest BCUT2D eigenvalue weighted by Crippen LogP contribution is 2.20. The summed E-state index contributed by atoms with van der Waals surface area (Å²) in [5, 5.41) is 3.88. The van der Waals surface area contributed by atoms with Crippen molar-refractivity contribution < 1.29 is 4.39 Å². The summed E-state index contributed by atoms with van der Waals surface area (Å²) in [7, 11) is 0. The van der Waals surface area contributed by atoms with E-state index in [9.17, 15) is 9.18 Å². The molecular weight excluding hydrogens is 289 g/mol. The Bertz CT molecular complexity index is 612. The Morgan fingerprint density at radius 1 is 1.35 bits per heavy atom. The van der Waals surface area contributed by atoms with Crippen LogP contribution in [-0.4, -0.2) is 9.78 Å². The molecule has 0 unspecified atom stereocenters. The normalized spacial score (nSPS) is 10.5. The minimum atomic E-state index is -0.376. The third kappa shape index (κ3) is 2.52. The molecule has 6 heteroatoms. The second-order valence-corrected chi connectivity index (χ2v) is 4.26. The molecule has 0 aliphatic carbocycles. The fourth-order valence-corrected chi connectivity index (χ4v) is 1.80. The van der Waals surface area contributed by atoms with Gasteiger partial charge < -0.3 is 5.73 Å². The van der Waals surface area contributed by atoms with Crippen LogP contribution >= 0.6 is 15.9 Å². The van der Waals surface area contributed by atoms with Gasteiger partial charge in [-0.1, -0.05) is 12.1 Å². The molecule has 0 saturated carbocycles. The van der Waals surface area contributed by atoms with Gasteiger partial charge in [-0.25, -0.2) is 9.07 Å². The quantitative estimate of drug-likeness (QED) is 0.919. The van der Waals surface area contributed by atoms with Crippen LogP contribution in [-0.2, 0) is 6.54 Å². The number of anilines is 1. The fourth-order valence-electron chi connectivity index (χ4n) is 1.41. The number of benzene rings is 1. The summed E-state index contributed by atoms with van der Waals surface area (Å²) in [4.78, 5) is 11.5. The molecule has 2 rings (SSSR count). The molecule has 0 aliphatic heterocycles. The van der Waals surface area contributed by atoms with Crippen LogP contribution in [0.15, 0.2) is 39.6 Å². The van der Waals surface area contributed by atoms with Crippen molar-refractivity contribution in [1.29, 1.82) is 0 Å². The summed E-state index contributed by atoms with van der Waals surface area (Å²) < 4.78 is 14.8. The monoisotopic (exact) mass is 297 g/mol. The van der Waals surface area contributed by atoms with E-state index >= 15 is 0 Å². The molecule has 0 radical (unpaired) electrons. The van der Waals surface area contributed by atoms with Crippen LogP contribution in [0.25, 0.3) is 0 Å². The Morgan fingerprint density at radius 3 is 2.88 bits per heavy atom. The summed E-state index contributed by atoms with van der Waals surface area (Å²) in [6.07, 6.45) is 0. The molecule has 0 atom stereocenters. The first kappa shape index (κ1) is 11.8. The third-order valence-electron chi connectivity index (χ3n) is 2.24. The van der Waals surface area contributed by atoms with Crippen LogP contribution in [0.3, 0.4) is 0 Å². The van der Waals surface area contributed by atoms with Gasteiger partial charge in [-0.2, -0.15) is 5.10 Å². The van der Waals surface area contributed by atoms with Crippen molar-refractivity contribution in [2.45, 2.75) is 6.54 Å². The van der Waals surface area contributed by atoms with Gasteiger partial charge in [0.1, 0.15) is 11.6 Å². The smallest absolute Gasteiger partial charge is 0.267 e. The lowest BCUT2D eigenvalue weighted by molar-refractivity contribution is 0.604. The van der Waals surface area contributed by atoms with E-state index in [1.54, 1.807) is 12.1 Å². The lowest BCUT2D eigenvalue weighted by Gasteiger charge is -2.07. The molecule has 0 bridgehead atoms. The van der Waals surface area contributed by atoms with Crippen molar-refractivity contribution in [3.8, 4) is 0 Å². The number of nitrogen functional groups attached to an aromatic ring is 1. The van der Waals surface area contributed by atoms with Crippen LogP contribution in [0, 0.1) is 5.82 Å². The van der Waals surface area contributed by atoms with Crippen molar-refractivity contribution in [2.75, 3.05) is 5.73 Å². The second-order valence-electron chi connectivity index (χ2n) is 3.47. The molecule has 1 aromatic carbocycles. The van der Waals surface area contributed by atoms with Gasteiger partial charge in [0, 0.05) is 6.07 Å². The number of aromatic nitrogens is 2. The lowest BCUT2D eigenvalue weighted by atomic mass is 10.2. The number of hydrogen-bond acceptors (Lipinski definition) is 3. The summed E-state index contributed by atoms with van der Waals surface area (Å²) in [6.45, 7) is 0.169. The first-order valence-electron chi connectivity index (χ1n) is 4.84. The fraction of sp³-hybridized carbons (Fsp3) is 0.0909. The second kappa shape index (κ2) is 4.67. The zero-order valence-corrected chi connectivity index (χ0v) is 10.3. The molecule has 1 aromatic heterocycles. The maximum Gasteiger partial charge on any atom is 0.267 e. The van der Waals surface area contributed by atoms with Crippen molar-refractivity contribution in [1.82, 2.24) is 9.78 Å². The maximum absolute atomic E-state index is 13.3. The highest BCUT2D eigenvalue weighted by atomic mass is 79.9. The highest BCUT2D eigenvalue weighted by molar-refractivity contribution is 9.10. The van der Waals surface area contributed by atoms with Crippen molar-refractivity contribution in [3.63, 3.8) is 0 Å². The van der Waals surface area contributed by atoms with Gasteiger partial charge in [0.25, 0.3) is 5.56 Å². The molecular formula is C11H9BrFN3O.